The van der Waals surface area contributed by atoms with E-state index in [0.717, 1.165) is 15.4 Å². The third-order valence-electron chi connectivity index (χ3n) is 6.51. The van der Waals surface area contributed by atoms with Crippen molar-refractivity contribution in [1.82, 2.24) is 10.2 Å². The molecule has 2 amide bonds. The molecule has 3 aromatic rings. The number of carbonyl (C=O) groups is 2. The minimum absolute atomic E-state index is 0.00787. The SMILES string of the molecule is CCC(C(=O)NC)N(Cc1c(Cl)cccc1Cl)C(=O)CN(c1cc(C)ccc1OC)S(=O)(=O)c1ccc(C)cc1. The van der Waals surface area contributed by atoms with Crippen molar-refractivity contribution in [3.8, 4) is 5.75 Å². The number of amides is 2. The number of rotatable bonds is 11. The molecule has 0 spiro atoms. The van der Waals surface area contributed by atoms with Gasteiger partial charge >= 0.3 is 0 Å². The summed E-state index contributed by atoms with van der Waals surface area (Å²) in [5.74, 6) is -0.751. The lowest BCUT2D eigenvalue weighted by atomic mass is 10.1. The van der Waals surface area contributed by atoms with Gasteiger partial charge in [-0.3, -0.25) is 13.9 Å². The van der Waals surface area contributed by atoms with Gasteiger partial charge in [-0.1, -0.05) is 60.0 Å². The lowest BCUT2D eigenvalue weighted by Crippen LogP contribution is -2.51. The van der Waals surface area contributed by atoms with Crippen molar-refractivity contribution >= 4 is 50.7 Å². The van der Waals surface area contributed by atoms with Gasteiger partial charge in [0.2, 0.25) is 11.8 Å². The van der Waals surface area contributed by atoms with Gasteiger partial charge in [0.15, 0.2) is 0 Å². The molecular weight excluding hydrogens is 573 g/mol. The Labute approximate surface area is 245 Å². The average Bonchev–Trinajstić information content (AvgIpc) is 2.92. The van der Waals surface area contributed by atoms with Crippen LogP contribution in [-0.2, 0) is 26.2 Å². The highest BCUT2D eigenvalue weighted by atomic mass is 35.5. The van der Waals surface area contributed by atoms with Crippen LogP contribution < -0.4 is 14.4 Å². The maximum atomic E-state index is 14.1. The Hall–Kier alpha value is -3.27. The molecule has 0 aliphatic rings. The van der Waals surface area contributed by atoms with Crippen molar-refractivity contribution < 1.29 is 22.7 Å². The normalized spacial score (nSPS) is 12.0. The van der Waals surface area contributed by atoms with Gasteiger partial charge in [-0.15, -0.1) is 0 Å². The lowest BCUT2D eigenvalue weighted by molar-refractivity contribution is -0.140. The highest BCUT2D eigenvalue weighted by Gasteiger charge is 2.35. The largest absolute Gasteiger partial charge is 0.495 e. The van der Waals surface area contributed by atoms with E-state index in [1.165, 1.54) is 31.2 Å². The summed E-state index contributed by atoms with van der Waals surface area (Å²) in [6.45, 7) is 4.71. The topological polar surface area (TPSA) is 96.0 Å². The summed E-state index contributed by atoms with van der Waals surface area (Å²) in [6, 6.07) is 15.5. The zero-order chi connectivity index (χ0) is 29.6. The molecule has 0 radical (unpaired) electrons. The van der Waals surface area contributed by atoms with Crippen LogP contribution in [0.15, 0.2) is 65.6 Å². The van der Waals surface area contributed by atoms with Gasteiger partial charge in [-0.2, -0.15) is 0 Å². The molecule has 0 bridgehead atoms. The first-order chi connectivity index (χ1) is 18.9. The van der Waals surface area contributed by atoms with Crippen LogP contribution in [0.25, 0.3) is 0 Å². The van der Waals surface area contributed by atoms with Crippen LogP contribution in [0.1, 0.15) is 30.0 Å². The number of methoxy groups -OCH3 is 1. The predicted molar refractivity (Wildman–Crippen MR) is 159 cm³/mol. The molecule has 0 fully saturated rings. The Bertz CT molecular complexity index is 1460. The molecule has 0 aromatic heterocycles. The van der Waals surface area contributed by atoms with Gasteiger partial charge in [0.25, 0.3) is 10.0 Å². The molecular formula is C29H33Cl2N3O5S. The van der Waals surface area contributed by atoms with E-state index < -0.39 is 34.4 Å². The molecule has 11 heteroatoms. The summed E-state index contributed by atoms with van der Waals surface area (Å²) in [6.07, 6.45) is 0.270. The number of benzene rings is 3. The van der Waals surface area contributed by atoms with E-state index in [9.17, 15) is 18.0 Å². The van der Waals surface area contributed by atoms with Crippen molar-refractivity contribution in [2.45, 2.75) is 44.7 Å². The number of halogens is 2. The number of carbonyl (C=O) groups excluding carboxylic acids is 2. The average molecular weight is 607 g/mol. The van der Waals surface area contributed by atoms with E-state index in [-0.39, 0.29) is 29.3 Å². The molecule has 1 atom stereocenters. The van der Waals surface area contributed by atoms with Crippen LogP contribution >= 0.6 is 23.2 Å². The number of anilines is 1. The van der Waals surface area contributed by atoms with E-state index in [4.69, 9.17) is 27.9 Å². The third-order valence-corrected chi connectivity index (χ3v) is 9.00. The predicted octanol–water partition coefficient (Wildman–Crippen LogP) is 5.37. The number of nitrogens with zero attached hydrogens (tertiary/aromatic N) is 2. The molecule has 1 N–H and O–H groups in total. The Morgan fingerprint density at radius 3 is 2.12 bits per heavy atom. The van der Waals surface area contributed by atoms with E-state index >= 15 is 0 Å². The van der Waals surface area contributed by atoms with Crippen LogP contribution in [0.4, 0.5) is 5.69 Å². The quantitative estimate of drug-likeness (QED) is 0.317. The van der Waals surface area contributed by atoms with Gasteiger partial charge in [-0.25, -0.2) is 8.42 Å². The maximum Gasteiger partial charge on any atom is 0.264 e. The van der Waals surface area contributed by atoms with Crippen LogP contribution in [0.5, 0.6) is 5.75 Å². The van der Waals surface area contributed by atoms with Crippen molar-refractivity contribution in [3.05, 3.63) is 87.4 Å². The Morgan fingerprint density at radius 1 is 0.975 bits per heavy atom. The van der Waals surface area contributed by atoms with E-state index in [2.05, 4.69) is 5.32 Å². The summed E-state index contributed by atoms with van der Waals surface area (Å²) in [5, 5.41) is 3.23. The molecule has 0 aliphatic carbocycles. The highest BCUT2D eigenvalue weighted by Crippen LogP contribution is 2.34. The van der Waals surface area contributed by atoms with Crippen molar-refractivity contribution in [2.24, 2.45) is 0 Å². The Balaban J connectivity index is 2.17. The van der Waals surface area contributed by atoms with Crippen LogP contribution in [0.3, 0.4) is 0 Å². The second-order valence-corrected chi connectivity index (χ2v) is 11.9. The molecule has 0 heterocycles. The number of ether oxygens (including phenoxy) is 1. The summed E-state index contributed by atoms with van der Waals surface area (Å²) >= 11 is 12.8. The number of aryl methyl sites for hydroxylation is 2. The Kier molecular flexibility index (Phi) is 10.5. The molecule has 0 saturated carbocycles. The number of sulfonamides is 1. The van der Waals surface area contributed by atoms with E-state index in [1.54, 1.807) is 55.5 Å². The van der Waals surface area contributed by atoms with Gasteiger partial charge in [0.1, 0.15) is 18.3 Å². The summed E-state index contributed by atoms with van der Waals surface area (Å²) in [7, 11) is -1.34. The summed E-state index contributed by atoms with van der Waals surface area (Å²) in [4.78, 5) is 28.3. The van der Waals surface area contributed by atoms with Crippen LogP contribution in [0, 0.1) is 13.8 Å². The molecule has 0 aliphatic heterocycles. The first kappa shape index (κ1) is 31.3. The summed E-state index contributed by atoms with van der Waals surface area (Å²) < 4.78 is 34.6. The fourth-order valence-electron chi connectivity index (χ4n) is 4.29. The van der Waals surface area contributed by atoms with Gasteiger partial charge < -0.3 is 15.0 Å². The van der Waals surface area contributed by atoms with Gasteiger partial charge in [-0.05, 0) is 62.2 Å². The van der Waals surface area contributed by atoms with Crippen molar-refractivity contribution in [2.75, 3.05) is 25.0 Å². The first-order valence-electron chi connectivity index (χ1n) is 12.6. The molecule has 214 valence electrons. The van der Waals surface area contributed by atoms with E-state index in [1.807, 2.05) is 13.8 Å². The van der Waals surface area contributed by atoms with Gasteiger partial charge in [0, 0.05) is 29.2 Å². The zero-order valence-electron chi connectivity index (χ0n) is 23.1. The second kappa shape index (κ2) is 13.4. The highest BCUT2D eigenvalue weighted by molar-refractivity contribution is 7.92. The Morgan fingerprint density at radius 2 is 1.57 bits per heavy atom. The molecule has 3 rings (SSSR count). The monoisotopic (exact) mass is 605 g/mol. The minimum atomic E-state index is -4.24. The fourth-order valence-corrected chi connectivity index (χ4v) is 6.22. The number of hydrogen-bond donors (Lipinski definition) is 1. The zero-order valence-corrected chi connectivity index (χ0v) is 25.4. The van der Waals surface area contributed by atoms with Gasteiger partial charge in [0.05, 0.1) is 17.7 Å². The number of nitrogens with one attached hydrogen (secondary N) is 1. The lowest BCUT2D eigenvalue weighted by Gasteiger charge is -2.33. The van der Waals surface area contributed by atoms with Crippen molar-refractivity contribution in [1.29, 1.82) is 0 Å². The van der Waals surface area contributed by atoms with Crippen LogP contribution in [0.2, 0.25) is 10.0 Å². The number of hydrogen-bond acceptors (Lipinski definition) is 5. The molecule has 0 saturated heterocycles. The fraction of sp³-hybridized carbons (Fsp3) is 0.310. The standard InChI is InChI=1S/C29H33Cl2N3O5S/c1-6-25(29(36)32-4)33(17-22-23(30)8-7-9-24(22)31)28(35)18-34(26-16-20(3)12-15-27(26)39-5)40(37,38)21-13-10-19(2)11-14-21/h7-16,25H,6,17-18H2,1-5H3,(H,32,36). The summed E-state index contributed by atoms with van der Waals surface area (Å²) in [5.41, 5.74) is 2.29. The molecule has 8 nitrogen and oxygen atoms in total. The molecule has 1 unspecified atom stereocenters. The molecule has 40 heavy (non-hydrogen) atoms. The van der Waals surface area contributed by atoms with E-state index in [0.29, 0.717) is 15.6 Å². The first-order valence-corrected chi connectivity index (χ1v) is 14.8. The number of likely N-dealkylation sites (N-methyl/N-ethyl adjacent to an activating group) is 1. The maximum absolute atomic E-state index is 14.1. The smallest absolute Gasteiger partial charge is 0.264 e. The van der Waals surface area contributed by atoms with Crippen molar-refractivity contribution in [3.63, 3.8) is 0 Å². The third kappa shape index (κ3) is 6.89. The second-order valence-electron chi connectivity index (χ2n) is 9.26. The minimum Gasteiger partial charge on any atom is -0.495 e. The van der Waals surface area contributed by atoms with Crippen LogP contribution in [-0.4, -0.2) is 51.9 Å². The molecule has 3 aromatic carbocycles.